The van der Waals surface area contributed by atoms with Crippen molar-refractivity contribution in [3.63, 3.8) is 0 Å². The molecule has 0 aromatic heterocycles. The van der Waals surface area contributed by atoms with Crippen LogP contribution in [0.5, 0.6) is 0 Å². The molecule has 0 rings (SSSR count). The Balaban J connectivity index is -0.00000722. The molecule has 0 heterocycles. The van der Waals surface area contributed by atoms with Crippen LogP contribution in [0, 0.1) is 0 Å². The fourth-order valence-corrected chi connectivity index (χ4v) is 6.10. The van der Waals surface area contributed by atoms with E-state index >= 15 is 0 Å². The van der Waals surface area contributed by atoms with Crippen LogP contribution in [-0.2, 0) is 0 Å². The van der Waals surface area contributed by atoms with E-state index in [1.165, 1.54) is 196 Å². The molecule has 0 amide bonds. The topological polar surface area (TPSA) is 3.24 Å². The van der Waals surface area contributed by atoms with Gasteiger partial charge in [-0.05, 0) is 32.7 Å². The molecule has 0 aliphatic rings. The minimum absolute atomic E-state index is 0. The molecule has 0 fully saturated rings. The van der Waals surface area contributed by atoms with E-state index in [0.717, 1.165) is 0 Å². The third-order valence-electron chi connectivity index (χ3n) is 9.09. The van der Waals surface area contributed by atoms with E-state index in [1.54, 1.807) is 0 Å². The van der Waals surface area contributed by atoms with Crippen LogP contribution >= 0.6 is 0 Å². The summed E-state index contributed by atoms with van der Waals surface area (Å²) >= 11 is 0. The van der Waals surface area contributed by atoms with Crippen molar-refractivity contribution in [2.24, 2.45) is 0 Å². The van der Waals surface area contributed by atoms with Gasteiger partial charge in [-0.25, -0.2) is 0 Å². The second-order valence-electron chi connectivity index (χ2n) is 14.5. The summed E-state index contributed by atoms with van der Waals surface area (Å²) in [5.41, 5.74) is 0. The Morgan fingerprint density at radius 2 is 0.561 bits per heavy atom. The van der Waals surface area contributed by atoms with E-state index in [0.29, 0.717) is 0 Å². The smallest absolute Gasteiger partial charge is 0.0794 e. The molecule has 0 unspecified atom stereocenters. The monoisotopic (exact) mass is 711 g/mol. The van der Waals surface area contributed by atoms with Gasteiger partial charge in [-0.3, -0.25) is 0 Å². The van der Waals surface area contributed by atoms with Crippen molar-refractivity contribution in [1.29, 1.82) is 0 Å². The highest BCUT2D eigenvalue weighted by atomic mass is 79.9. The molecular weight excluding hydrogens is 634 g/mol. The van der Waals surface area contributed by atoms with Crippen molar-refractivity contribution in [2.75, 3.05) is 74.5 Å². The predicted octanol–water partition coefficient (Wildman–Crippen LogP) is 4.09. The number of unbranched alkanes of at least 4 members (excludes halogenated alkanes) is 19. The van der Waals surface area contributed by atoms with Gasteiger partial charge < -0.3 is 47.8 Å². The van der Waals surface area contributed by atoms with Crippen LogP contribution in [0.1, 0.15) is 162 Å². The Morgan fingerprint density at radius 1 is 0.341 bits per heavy atom. The van der Waals surface area contributed by atoms with Crippen LogP contribution in [0.15, 0.2) is 0 Å². The fraction of sp³-hybridized carbons (Fsp3) is 1.00. The molecule has 0 aliphatic heterocycles. The molecule has 0 bridgehead atoms. The SMILES string of the molecule is CCCCCCCCCCCCC[N+](C)(C)CCCN(C)CCC[N+](C)(C)CCCCCCCCCCCC.[Br-].[Br-]. The normalized spacial score (nSPS) is 12.0. The van der Waals surface area contributed by atoms with Gasteiger partial charge in [0.15, 0.2) is 0 Å². The van der Waals surface area contributed by atoms with Gasteiger partial charge in [-0.2, -0.15) is 0 Å². The summed E-state index contributed by atoms with van der Waals surface area (Å²) in [6.07, 6.45) is 32.9. The zero-order valence-corrected chi connectivity index (χ0v) is 32.8. The van der Waals surface area contributed by atoms with Crippen LogP contribution in [-0.4, -0.2) is 88.4 Å². The zero-order chi connectivity index (χ0) is 29.1. The van der Waals surface area contributed by atoms with Crippen LogP contribution in [0.3, 0.4) is 0 Å². The molecule has 3 nitrogen and oxygen atoms in total. The quantitative estimate of drug-likeness (QED) is 0.0774. The molecule has 0 spiro atoms. The van der Waals surface area contributed by atoms with E-state index < -0.39 is 0 Å². The minimum atomic E-state index is 0. The highest BCUT2D eigenvalue weighted by Gasteiger charge is 2.16. The lowest BCUT2D eigenvalue weighted by Gasteiger charge is -2.32. The van der Waals surface area contributed by atoms with Gasteiger partial charge in [0.1, 0.15) is 0 Å². The van der Waals surface area contributed by atoms with E-state index in [9.17, 15) is 0 Å². The third kappa shape index (κ3) is 35.2. The molecular formula is C36H79Br2N3. The largest absolute Gasteiger partial charge is 1.00 e. The van der Waals surface area contributed by atoms with Crippen LogP contribution < -0.4 is 34.0 Å². The van der Waals surface area contributed by atoms with Gasteiger partial charge >= 0.3 is 0 Å². The predicted molar refractivity (Wildman–Crippen MR) is 179 cm³/mol. The third-order valence-corrected chi connectivity index (χ3v) is 9.09. The number of hydrogen-bond donors (Lipinski definition) is 0. The van der Waals surface area contributed by atoms with Gasteiger partial charge in [-0.1, -0.05) is 123 Å². The van der Waals surface area contributed by atoms with Crippen molar-refractivity contribution in [2.45, 2.75) is 162 Å². The number of halogens is 2. The molecule has 0 saturated heterocycles. The summed E-state index contributed by atoms with van der Waals surface area (Å²) in [5, 5.41) is 0. The number of quaternary nitrogens is 2. The Bertz CT molecular complexity index is 499. The average Bonchev–Trinajstić information content (AvgIpc) is 2.88. The highest BCUT2D eigenvalue weighted by Crippen LogP contribution is 2.14. The Labute approximate surface area is 282 Å². The zero-order valence-electron chi connectivity index (χ0n) is 29.6. The van der Waals surface area contributed by atoms with Gasteiger partial charge in [0.05, 0.1) is 54.4 Å². The molecule has 0 aromatic rings. The maximum Gasteiger partial charge on any atom is 0.0794 e. The highest BCUT2D eigenvalue weighted by molar-refractivity contribution is 4.54. The first-order valence-electron chi connectivity index (χ1n) is 18.0. The van der Waals surface area contributed by atoms with E-state index in [4.69, 9.17) is 0 Å². The summed E-state index contributed by atoms with van der Waals surface area (Å²) in [6, 6.07) is 0. The first kappa shape index (κ1) is 46.3. The molecule has 0 radical (unpaired) electrons. The summed E-state index contributed by atoms with van der Waals surface area (Å²) < 4.78 is 2.40. The van der Waals surface area contributed by atoms with Gasteiger partial charge in [0, 0.05) is 25.9 Å². The Kier molecular flexibility index (Phi) is 36.4. The first-order chi connectivity index (χ1) is 18.7. The van der Waals surface area contributed by atoms with Crippen LogP contribution in [0.2, 0.25) is 0 Å². The standard InChI is InChI=1S/C36H79N3.2BrH/c1-8-10-12-14-16-18-20-22-24-26-28-34-39(6,7)36-30-32-37(3)31-29-35-38(4,5)33-27-25-23-21-19-17-15-13-11-9-2;;/h8-36H2,1-7H3;2*1H/q+2;;/p-2. The Morgan fingerprint density at radius 3 is 0.829 bits per heavy atom. The molecule has 252 valence electrons. The maximum atomic E-state index is 2.59. The van der Waals surface area contributed by atoms with Crippen LogP contribution in [0.25, 0.3) is 0 Å². The lowest BCUT2D eigenvalue weighted by Crippen LogP contribution is -3.00. The van der Waals surface area contributed by atoms with Crippen LogP contribution in [0.4, 0.5) is 0 Å². The van der Waals surface area contributed by atoms with Gasteiger partial charge in [0.25, 0.3) is 0 Å². The lowest BCUT2D eigenvalue weighted by molar-refractivity contribution is -0.891. The second-order valence-corrected chi connectivity index (χ2v) is 14.5. The molecule has 41 heavy (non-hydrogen) atoms. The second kappa shape index (κ2) is 32.2. The van der Waals surface area contributed by atoms with E-state index in [-0.39, 0.29) is 34.0 Å². The van der Waals surface area contributed by atoms with E-state index in [2.05, 4.69) is 54.0 Å². The number of rotatable bonds is 31. The first-order valence-corrected chi connectivity index (χ1v) is 18.0. The summed E-state index contributed by atoms with van der Waals surface area (Å²) in [4.78, 5) is 2.59. The molecule has 0 saturated carbocycles. The number of hydrogen-bond acceptors (Lipinski definition) is 1. The average molecular weight is 714 g/mol. The summed E-state index contributed by atoms with van der Waals surface area (Å²) in [6.45, 7) is 12.5. The molecule has 0 N–H and O–H groups in total. The van der Waals surface area contributed by atoms with Crippen molar-refractivity contribution in [3.05, 3.63) is 0 Å². The molecule has 0 atom stereocenters. The van der Waals surface area contributed by atoms with Crippen molar-refractivity contribution in [3.8, 4) is 0 Å². The maximum absolute atomic E-state index is 2.59. The summed E-state index contributed by atoms with van der Waals surface area (Å²) in [7, 11) is 12.1. The van der Waals surface area contributed by atoms with Crippen molar-refractivity contribution < 1.29 is 42.9 Å². The Hall–Kier alpha value is 0.840. The van der Waals surface area contributed by atoms with E-state index in [1.807, 2.05) is 0 Å². The van der Waals surface area contributed by atoms with Gasteiger partial charge in [-0.15, -0.1) is 0 Å². The fourth-order valence-electron chi connectivity index (χ4n) is 6.10. The minimum Gasteiger partial charge on any atom is -1.00 e. The lowest BCUT2D eigenvalue weighted by atomic mass is 10.1. The van der Waals surface area contributed by atoms with Crippen molar-refractivity contribution >= 4 is 0 Å². The summed E-state index contributed by atoms with van der Waals surface area (Å²) in [5.74, 6) is 0. The molecule has 5 heteroatoms. The number of nitrogens with zero attached hydrogens (tertiary/aromatic N) is 3. The van der Waals surface area contributed by atoms with Crippen molar-refractivity contribution in [1.82, 2.24) is 4.90 Å². The van der Waals surface area contributed by atoms with Gasteiger partial charge in [0.2, 0.25) is 0 Å². The molecule has 0 aromatic carbocycles. The molecule has 0 aliphatic carbocycles.